The van der Waals surface area contributed by atoms with Crippen molar-refractivity contribution in [3.05, 3.63) is 11.6 Å². The number of hydrogen-bond donors (Lipinski definition) is 1. The van der Waals surface area contributed by atoms with Crippen LogP contribution in [0.15, 0.2) is 11.6 Å². The van der Waals surface area contributed by atoms with Crippen LogP contribution in [0.2, 0.25) is 0 Å². The molecular formula is C19H28O2. The average molecular weight is 288 g/mol. The van der Waals surface area contributed by atoms with Gasteiger partial charge in [0.25, 0.3) is 0 Å². The van der Waals surface area contributed by atoms with Crippen molar-refractivity contribution in [3.63, 3.8) is 0 Å². The van der Waals surface area contributed by atoms with Crippen molar-refractivity contribution < 1.29 is 9.90 Å². The van der Waals surface area contributed by atoms with Crippen molar-refractivity contribution in [1.29, 1.82) is 0 Å². The van der Waals surface area contributed by atoms with Crippen LogP contribution in [-0.4, -0.2) is 16.5 Å². The lowest BCUT2D eigenvalue weighted by Crippen LogP contribution is -2.51. The Morgan fingerprint density at radius 3 is 2.67 bits per heavy atom. The summed E-state index contributed by atoms with van der Waals surface area (Å²) in [5.74, 6) is 3.30. The quantitative estimate of drug-likeness (QED) is 0.734. The van der Waals surface area contributed by atoms with Crippen molar-refractivity contribution in [1.82, 2.24) is 0 Å². The van der Waals surface area contributed by atoms with Crippen molar-refractivity contribution in [2.24, 2.45) is 29.1 Å². The molecule has 0 heterocycles. The van der Waals surface area contributed by atoms with Gasteiger partial charge < -0.3 is 5.11 Å². The lowest BCUT2D eigenvalue weighted by Gasteiger charge is -2.55. The molecule has 4 aliphatic rings. The monoisotopic (exact) mass is 288 g/mol. The van der Waals surface area contributed by atoms with E-state index in [1.54, 1.807) is 0 Å². The molecule has 0 aromatic heterocycles. The van der Waals surface area contributed by atoms with Crippen molar-refractivity contribution in [2.45, 2.75) is 70.8 Å². The second-order valence-electron chi connectivity index (χ2n) is 8.57. The van der Waals surface area contributed by atoms with Crippen LogP contribution in [0.5, 0.6) is 0 Å². The van der Waals surface area contributed by atoms with E-state index in [1.165, 1.54) is 31.3 Å². The Kier molecular flexibility index (Phi) is 2.96. The molecule has 0 radical (unpaired) electrons. The fraction of sp³-hybridized carbons (Fsp3) is 0.842. The highest BCUT2D eigenvalue weighted by Gasteiger charge is 2.60. The van der Waals surface area contributed by atoms with Gasteiger partial charge in [0.1, 0.15) is 0 Å². The fourth-order valence-corrected chi connectivity index (χ4v) is 6.42. The standard InChI is InChI=1S/C19H28O2/c1-18-9-7-15-14-6-4-13(20)11-12(14)3-5-16(15)17(18)8-10-19(18,2)21/h11,14-17,21H,3-10H2,1-2H3/t14-,15-,16-,17+,18+,19+/m1/s1. The summed E-state index contributed by atoms with van der Waals surface area (Å²) in [6, 6.07) is 0. The normalized spacial score (nSPS) is 52.7. The second-order valence-corrected chi connectivity index (χ2v) is 8.57. The Bertz CT molecular complexity index is 504. The zero-order chi connectivity index (χ0) is 14.8. The zero-order valence-electron chi connectivity index (χ0n) is 13.4. The van der Waals surface area contributed by atoms with Gasteiger partial charge in [-0.05, 0) is 87.0 Å². The number of aliphatic hydroxyl groups is 1. The Hall–Kier alpha value is -0.630. The van der Waals surface area contributed by atoms with Gasteiger partial charge in [0.05, 0.1) is 5.60 Å². The Morgan fingerprint density at radius 2 is 1.86 bits per heavy atom. The van der Waals surface area contributed by atoms with E-state index in [1.807, 2.05) is 6.08 Å². The summed E-state index contributed by atoms with van der Waals surface area (Å²) in [7, 11) is 0. The van der Waals surface area contributed by atoms with Gasteiger partial charge in [-0.25, -0.2) is 0 Å². The van der Waals surface area contributed by atoms with Crippen LogP contribution in [0.25, 0.3) is 0 Å². The molecule has 0 unspecified atom stereocenters. The largest absolute Gasteiger partial charge is 0.390 e. The highest BCUT2D eigenvalue weighted by atomic mass is 16.3. The van der Waals surface area contributed by atoms with E-state index in [0.29, 0.717) is 17.6 Å². The topological polar surface area (TPSA) is 37.3 Å². The molecule has 116 valence electrons. The predicted octanol–water partition coefficient (Wildman–Crippen LogP) is 3.88. The molecule has 3 fully saturated rings. The van der Waals surface area contributed by atoms with Crippen molar-refractivity contribution in [2.75, 3.05) is 0 Å². The molecule has 2 nitrogen and oxygen atoms in total. The molecule has 0 bridgehead atoms. The maximum atomic E-state index is 11.7. The molecule has 2 heteroatoms. The van der Waals surface area contributed by atoms with Crippen LogP contribution >= 0.6 is 0 Å². The number of ketones is 1. The smallest absolute Gasteiger partial charge is 0.155 e. The first-order valence-corrected chi connectivity index (χ1v) is 8.88. The first kappa shape index (κ1) is 14.0. The number of fused-ring (bicyclic) bond motifs is 5. The second kappa shape index (κ2) is 4.44. The summed E-state index contributed by atoms with van der Waals surface area (Å²) in [5, 5.41) is 10.9. The predicted molar refractivity (Wildman–Crippen MR) is 82.7 cm³/mol. The molecule has 0 aromatic rings. The van der Waals surface area contributed by atoms with Gasteiger partial charge in [0, 0.05) is 6.42 Å². The van der Waals surface area contributed by atoms with E-state index in [0.717, 1.165) is 37.5 Å². The minimum Gasteiger partial charge on any atom is -0.390 e. The van der Waals surface area contributed by atoms with Crippen LogP contribution in [0.3, 0.4) is 0 Å². The molecule has 4 rings (SSSR count). The third-order valence-corrected chi connectivity index (χ3v) is 7.86. The van der Waals surface area contributed by atoms with E-state index in [9.17, 15) is 9.90 Å². The van der Waals surface area contributed by atoms with E-state index in [4.69, 9.17) is 0 Å². The molecule has 4 aliphatic carbocycles. The Labute approximate surface area is 128 Å². The van der Waals surface area contributed by atoms with Gasteiger partial charge in [0.15, 0.2) is 5.78 Å². The molecular weight excluding hydrogens is 260 g/mol. The van der Waals surface area contributed by atoms with E-state index in [2.05, 4.69) is 13.8 Å². The first-order chi connectivity index (χ1) is 9.92. The van der Waals surface area contributed by atoms with Gasteiger partial charge in [-0.15, -0.1) is 0 Å². The van der Waals surface area contributed by atoms with E-state index >= 15 is 0 Å². The van der Waals surface area contributed by atoms with Gasteiger partial charge >= 0.3 is 0 Å². The molecule has 0 aromatic carbocycles. The number of rotatable bonds is 0. The molecule has 0 amide bonds. The van der Waals surface area contributed by atoms with Crippen molar-refractivity contribution >= 4 is 5.78 Å². The molecule has 6 atom stereocenters. The SMILES string of the molecule is C[C@]1(O)CC[C@H]2[C@@H]3CCC4=CC(=O)CC[C@H]4[C@H]3CC[C@@]21C. The van der Waals surface area contributed by atoms with Gasteiger partial charge in [-0.3, -0.25) is 4.79 Å². The Morgan fingerprint density at radius 1 is 1.05 bits per heavy atom. The summed E-state index contributed by atoms with van der Waals surface area (Å²) < 4.78 is 0. The van der Waals surface area contributed by atoms with Gasteiger partial charge in [-0.2, -0.15) is 0 Å². The van der Waals surface area contributed by atoms with E-state index in [-0.39, 0.29) is 5.41 Å². The highest BCUT2D eigenvalue weighted by Crippen LogP contribution is 2.64. The zero-order valence-corrected chi connectivity index (χ0v) is 13.4. The lowest BCUT2D eigenvalue weighted by molar-refractivity contribution is -0.117. The molecule has 3 saturated carbocycles. The third kappa shape index (κ3) is 1.84. The minimum absolute atomic E-state index is 0.125. The van der Waals surface area contributed by atoms with Crippen LogP contribution in [0.1, 0.15) is 65.2 Å². The highest BCUT2D eigenvalue weighted by molar-refractivity contribution is 5.91. The van der Waals surface area contributed by atoms with Crippen molar-refractivity contribution in [3.8, 4) is 0 Å². The molecule has 1 N–H and O–H groups in total. The summed E-state index contributed by atoms with van der Waals surface area (Å²) in [6.07, 6.45) is 10.8. The maximum absolute atomic E-state index is 11.7. The lowest BCUT2D eigenvalue weighted by atomic mass is 9.51. The van der Waals surface area contributed by atoms with E-state index < -0.39 is 5.60 Å². The van der Waals surface area contributed by atoms with Crippen LogP contribution in [-0.2, 0) is 4.79 Å². The van der Waals surface area contributed by atoms with Gasteiger partial charge in [-0.1, -0.05) is 12.5 Å². The van der Waals surface area contributed by atoms with Crippen LogP contribution in [0.4, 0.5) is 0 Å². The molecule has 0 spiro atoms. The molecule has 0 aliphatic heterocycles. The summed E-state index contributed by atoms with van der Waals surface area (Å²) in [6.45, 7) is 4.41. The number of allylic oxidation sites excluding steroid dienone is 1. The van der Waals surface area contributed by atoms with Gasteiger partial charge in [0.2, 0.25) is 0 Å². The Balaban J connectivity index is 1.64. The van der Waals surface area contributed by atoms with Crippen LogP contribution < -0.4 is 0 Å². The maximum Gasteiger partial charge on any atom is 0.155 e. The third-order valence-electron chi connectivity index (χ3n) is 7.86. The number of carbonyl (C=O) groups excluding carboxylic acids is 1. The minimum atomic E-state index is -0.471. The number of hydrogen-bond acceptors (Lipinski definition) is 2. The molecule has 0 saturated heterocycles. The average Bonchev–Trinajstić information content (AvgIpc) is 2.69. The summed E-state index contributed by atoms with van der Waals surface area (Å²) >= 11 is 0. The summed E-state index contributed by atoms with van der Waals surface area (Å²) in [4.78, 5) is 11.7. The first-order valence-electron chi connectivity index (χ1n) is 8.88. The summed E-state index contributed by atoms with van der Waals surface area (Å²) in [5.41, 5.74) is 1.11. The fourth-order valence-electron chi connectivity index (χ4n) is 6.42. The van der Waals surface area contributed by atoms with Crippen LogP contribution in [0, 0.1) is 29.1 Å². The molecule has 21 heavy (non-hydrogen) atoms. The number of carbonyl (C=O) groups is 1.